The maximum Gasteiger partial charge on any atom is 1.00 e. The molecule has 0 atom stereocenters. The zero-order valence-electron chi connectivity index (χ0n) is 3.26. The van der Waals surface area contributed by atoms with E-state index in [-0.39, 0.29) is 80.7 Å². The molecular weight excluding hydrogens is 369 g/mol. The van der Waals surface area contributed by atoms with Gasteiger partial charge in [-0.05, 0) is 0 Å². The standard InChI is InChI=1S/ClH.4Cu.O3P/c;;;;;1-4(2)3/h1H;;;;;/q;4*+1;-3/p-1. The van der Waals surface area contributed by atoms with Gasteiger partial charge in [-0.15, -0.1) is 0 Å². The summed E-state index contributed by atoms with van der Waals surface area (Å²) in [6.07, 6.45) is 0. The quantitative estimate of drug-likeness (QED) is 0.316. The first-order chi connectivity index (χ1) is 1.73. The third-order valence-electron chi connectivity index (χ3n) is 0. The average molecular weight is 369 g/mol. The van der Waals surface area contributed by atoms with E-state index in [9.17, 15) is 0 Å². The first-order valence-electron chi connectivity index (χ1n) is 0.548. The van der Waals surface area contributed by atoms with Gasteiger partial charge in [0, 0.05) is 0 Å². The van der Waals surface area contributed by atoms with Crippen molar-refractivity contribution in [2.24, 2.45) is 0 Å². The summed E-state index contributed by atoms with van der Waals surface area (Å²) in [6, 6.07) is 0. The monoisotopic (exact) mass is 366 g/mol. The molecule has 0 radical (unpaired) electrons. The van der Waals surface area contributed by atoms with Crippen molar-refractivity contribution >= 4 is 8.60 Å². The van der Waals surface area contributed by atoms with Gasteiger partial charge < -0.3 is 35.7 Å². The van der Waals surface area contributed by atoms with E-state index in [0.717, 1.165) is 0 Å². The normalized spacial score (nSPS) is 4.00. The Morgan fingerprint density at radius 2 is 0.667 bits per heavy atom. The Morgan fingerprint density at radius 3 is 0.667 bits per heavy atom. The van der Waals surface area contributed by atoms with Crippen molar-refractivity contribution in [2.75, 3.05) is 0 Å². The van der Waals surface area contributed by atoms with Gasteiger partial charge in [0.15, 0.2) is 0 Å². The minimum absolute atomic E-state index is 0. The summed E-state index contributed by atoms with van der Waals surface area (Å²) in [5.74, 6) is 0. The molecule has 74 valence electrons. The van der Waals surface area contributed by atoms with Crippen LogP contribution in [0.3, 0.4) is 0 Å². The second-order valence-electron chi connectivity index (χ2n) is 0.224. The van der Waals surface area contributed by atoms with Crippen LogP contribution >= 0.6 is 8.60 Å². The minimum Gasteiger partial charge on any atom is -1.00 e. The third-order valence-corrected chi connectivity index (χ3v) is 0. The van der Waals surface area contributed by atoms with Crippen molar-refractivity contribution in [3.63, 3.8) is 0 Å². The number of halogens is 1. The van der Waals surface area contributed by atoms with E-state index in [1.807, 2.05) is 0 Å². The Kier molecular flexibility index (Phi) is 142. The molecule has 9 heteroatoms. The van der Waals surface area contributed by atoms with Crippen LogP contribution in [-0.4, -0.2) is 0 Å². The summed E-state index contributed by atoms with van der Waals surface area (Å²) in [5.41, 5.74) is 0. The summed E-state index contributed by atoms with van der Waals surface area (Å²) in [6.45, 7) is 0. The average Bonchev–Trinajstić information content (AvgIpc) is 0.811. The second kappa shape index (κ2) is 31.0. The summed E-state index contributed by atoms with van der Waals surface area (Å²) < 4.78 is 0. The molecule has 0 unspecified atom stereocenters. The molecular formula is ClCu4O3P. The van der Waals surface area contributed by atoms with Crippen molar-refractivity contribution in [3.8, 4) is 0 Å². The molecule has 0 aliphatic rings. The molecule has 0 saturated carbocycles. The fourth-order valence-electron chi connectivity index (χ4n) is 0. The van der Waals surface area contributed by atoms with Gasteiger partial charge in [0.25, 0.3) is 0 Å². The zero-order chi connectivity index (χ0) is 3.58. The molecule has 0 saturated heterocycles. The molecule has 0 amide bonds. The summed E-state index contributed by atoms with van der Waals surface area (Å²) in [5, 5.41) is 0. The maximum atomic E-state index is 8.48. The smallest absolute Gasteiger partial charge is 1.00 e. The third kappa shape index (κ3) is 112. The van der Waals surface area contributed by atoms with Gasteiger partial charge in [0.2, 0.25) is 0 Å². The Labute approximate surface area is 103 Å². The fourth-order valence-corrected chi connectivity index (χ4v) is 0. The van der Waals surface area contributed by atoms with Crippen molar-refractivity contribution in [2.45, 2.75) is 0 Å². The van der Waals surface area contributed by atoms with Gasteiger partial charge >= 0.3 is 68.3 Å². The topological polar surface area (TPSA) is 69.2 Å². The van der Waals surface area contributed by atoms with Crippen molar-refractivity contribution in [1.82, 2.24) is 0 Å². The van der Waals surface area contributed by atoms with Crippen LogP contribution in [0.5, 0.6) is 0 Å². The Morgan fingerprint density at radius 1 is 0.667 bits per heavy atom. The summed E-state index contributed by atoms with van der Waals surface area (Å²) in [4.78, 5) is 25.4. The van der Waals surface area contributed by atoms with E-state index in [1.54, 1.807) is 0 Å². The number of rotatable bonds is 0. The molecule has 0 aromatic rings. The largest absolute Gasteiger partial charge is 1.00 e. The van der Waals surface area contributed by atoms with E-state index in [2.05, 4.69) is 0 Å². The van der Waals surface area contributed by atoms with E-state index < -0.39 is 8.60 Å². The van der Waals surface area contributed by atoms with Gasteiger partial charge in [-0.3, -0.25) is 0 Å². The molecule has 0 aromatic carbocycles. The van der Waals surface area contributed by atoms with E-state index in [4.69, 9.17) is 14.7 Å². The molecule has 0 aromatic heterocycles. The molecule has 0 heterocycles. The second-order valence-corrected chi connectivity index (χ2v) is 0.671. The number of hydrogen-bond acceptors (Lipinski definition) is 3. The molecule has 3 nitrogen and oxygen atoms in total. The first-order valence-corrected chi connectivity index (χ1v) is 1.64. The molecule has 0 N–H and O–H groups in total. The Bertz CT molecular complexity index is 20.5. The van der Waals surface area contributed by atoms with Crippen LogP contribution in [0.25, 0.3) is 0 Å². The molecule has 0 spiro atoms. The summed E-state index contributed by atoms with van der Waals surface area (Å²) in [7, 11) is -3.37. The van der Waals surface area contributed by atoms with Crippen molar-refractivity contribution in [1.29, 1.82) is 0 Å². The minimum atomic E-state index is -3.37. The molecule has 0 fully saturated rings. The Balaban J connectivity index is -0.00000000450. The predicted octanol–water partition coefficient (Wildman–Crippen LogP) is -5.71. The first kappa shape index (κ1) is 41.3. The van der Waals surface area contributed by atoms with Gasteiger partial charge in [0.1, 0.15) is 0 Å². The molecule has 0 aliphatic carbocycles. The van der Waals surface area contributed by atoms with Crippen LogP contribution in [-0.2, 0) is 68.3 Å². The number of hydrogen-bond donors (Lipinski definition) is 0. The van der Waals surface area contributed by atoms with Gasteiger partial charge in [-0.2, -0.15) is 0 Å². The van der Waals surface area contributed by atoms with Gasteiger partial charge in [-0.25, -0.2) is 0 Å². The summed E-state index contributed by atoms with van der Waals surface area (Å²) >= 11 is 0. The van der Waals surface area contributed by atoms with E-state index in [0.29, 0.717) is 0 Å². The van der Waals surface area contributed by atoms with Crippen LogP contribution in [0.2, 0.25) is 0 Å². The van der Waals surface area contributed by atoms with Crippen molar-refractivity contribution < 1.29 is 95.4 Å². The van der Waals surface area contributed by atoms with Crippen LogP contribution in [0.1, 0.15) is 0 Å². The SMILES string of the molecule is [Cl-].[Cu+].[Cu+].[Cu+].[Cu+].[O-]P([O-])[O-]. The Hall–Kier alpha value is 2.68. The van der Waals surface area contributed by atoms with Crippen LogP contribution in [0.4, 0.5) is 0 Å². The van der Waals surface area contributed by atoms with Gasteiger partial charge in [0.05, 0.1) is 0 Å². The maximum absolute atomic E-state index is 8.48. The molecule has 9 heavy (non-hydrogen) atoms. The van der Waals surface area contributed by atoms with Crippen molar-refractivity contribution in [3.05, 3.63) is 0 Å². The molecule has 0 bridgehead atoms. The van der Waals surface area contributed by atoms with E-state index in [1.165, 1.54) is 0 Å². The van der Waals surface area contributed by atoms with Crippen LogP contribution in [0.15, 0.2) is 0 Å². The fraction of sp³-hybridized carbons (Fsp3) is 0. The molecule has 0 aliphatic heterocycles. The zero-order valence-corrected chi connectivity index (χ0v) is 8.67. The van der Waals surface area contributed by atoms with Crippen LogP contribution in [0, 0.1) is 0 Å². The van der Waals surface area contributed by atoms with E-state index >= 15 is 0 Å². The van der Waals surface area contributed by atoms with Crippen LogP contribution < -0.4 is 27.1 Å². The molecule has 0 rings (SSSR count). The van der Waals surface area contributed by atoms with Gasteiger partial charge in [-0.1, -0.05) is 0 Å². The predicted molar refractivity (Wildman–Crippen MR) is 6.92 cm³/mol.